The summed E-state index contributed by atoms with van der Waals surface area (Å²) in [6.07, 6.45) is -2.32. The molecule has 0 N–H and O–H groups in total. The van der Waals surface area contributed by atoms with Crippen LogP contribution in [0.25, 0.3) is 26.1 Å². The molecule has 0 aliphatic carbocycles. The highest BCUT2D eigenvalue weighted by Gasteiger charge is 2.34. The largest absolute Gasteiger partial charge is 0.433 e. The molecule has 0 spiro atoms. The molecule has 0 saturated heterocycles. The van der Waals surface area contributed by atoms with Crippen molar-refractivity contribution in [2.45, 2.75) is 46.3 Å². The fourth-order valence-corrected chi connectivity index (χ4v) is 5.23. The van der Waals surface area contributed by atoms with Crippen molar-refractivity contribution in [3.05, 3.63) is 45.9 Å². The van der Waals surface area contributed by atoms with Crippen LogP contribution in [0.3, 0.4) is 0 Å². The molecule has 5 aromatic rings. The van der Waals surface area contributed by atoms with Gasteiger partial charge >= 0.3 is 6.18 Å². The third-order valence-electron chi connectivity index (χ3n) is 5.49. The summed E-state index contributed by atoms with van der Waals surface area (Å²) in [6.45, 7) is 7.36. The molecule has 1 atom stereocenters. The summed E-state index contributed by atoms with van der Waals surface area (Å²) >= 11 is 7.46. The number of alkyl halides is 3. The van der Waals surface area contributed by atoms with E-state index in [-0.39, 0.29) is 10.9 Å². The molecule has 0 aliphatic heterocycles. The monoisotopic (exact) mass is 479 g/mol. The van der Waals surface area contributed by atoms with Crippen molar-refractivity contribution in [1.29, 1.82) is 0 Å². The predicted molar refractivity (Wildman–Crippen MR) is 116 cm³/mol. The molecule has 32 heavy (non-hydrogen) atoms. The Balaban J connectivity index is 1.73. The number of aromatic nitrogens is 7. The molecule has 0 radical (unpaired) electrons. The first kappa shape index (κ1) is 21.1. The van der Waals surface area contributed by atoms with Crippen LogP contribution in [0.2, 0.25) is 5.02 Å². The lowest BCUT2D eigenvalue weighted by atomic mass is 10.1. The summed E-state index contributed by atoms with van der Waals surface area (Å²) in [6, 6.07) is 0.803. The van der Waals surface area contributed by atoms with Gasteiger partial charge < -0.3 is 0 Å². The molecule has 5 aromatic heterocycles. The van der Waals surface area contributed by atoms with E-state index in [4.69, 9.17) is 16.6 Å². The van der Waals surface area contributed by atoms with Gasteiger partial charge in [0.1, 0.15) is 27.6 Å². The van der Waals surface area contributed by atoms with E-state index in [1.165, 1.54) is 6.33 Å². The van der Waals surface area contributed by atoms with Crippen LogP contribution >= 0.6 is 22.9 Å². The standard InChI is InChI=1S/C20H17ClF3N7S/c1-5-11(31-10(4)14(21)9(3)28-31)17-27-18-16-15(25-7-30(18)29-17)13-8(2)6-12(20(22,23)24)26-19(13)32-16/h6-7,11H,5H2,1-4H3. The maximum atomic E-state index is 13.2. The molecule has 0 amide bonds. The average molecular weight is 480 g/mol. The second kappa shape index (κ2) is 7.11. The summed E-state index contributed by atoms with van der Waals surface area (Å²) in [7, 11) is 0. The average Bonchev–Trinajstić information content (AvgIpc) is 3.38. The number of nitrogens with zero attached hydrogens (tertiary/aromatic N) is 7. The molecule has 5 rings (SSSR count). The van der Waals surface area contributed by atoms with Crippen molar-refractivity contribution in [1.82, 2.24) is 34.3 Å². The molecule has 0 saturated carbocycles. The number of halogens is 4. The number of hydrogen-bond donors (Lipinski definition) is 0. The molecular weight excluding hydrogens is 463 g/mol. The van der Waals surface area contributed by atoms with E-state index in [1.54, 1.807) is 11.4 Å². The SMILES string of the molecule is CCC(c1nc2c3sc4nc(C(F)(F)F)cc(C)c4c3ncn2n1)n1nc(C)c(Cl)c1C. The van der Waals surface area contributed by atoms with Crippen LogP contribution in [-0.2, 0) is 6.18 Å². The van der Waals surface area contributed by atoms with Crippen LogP contribution in [0, 0.1) is 20.8 Å². The fraction of sp³-hybridized carbons (Fsp3) is 0.350. The van der Waals surface area contributed by atoms with E-state index in [0.717, 1.165) is 28.8 Å². The van der Waals surface area contributed by atoms with Gasteiger partial charge in [-0.3, -0.25) is 4.68 Å². The molecule has 12 heteroatoms. The normalized spacial score (nSPS) is 13.6. The van der Waals surface area contributed by atoms with Crippen molar-refractivity contribution < 1.29 is 13.2 Å². The van der Waals surface area contributed by atoms with Crippen molar-refractivity contribution >= 4 is 49.0 Å². The Kier molecular flexibility index (Phi) is 4.68. The summed E-state index contributed by atoms with van der Waals surface area (Å²) in [4.78, 5) is 13.3. The smallest absolute Gasteiger partial charge is 0.257 e. The Bertz CT molecular complexity index is 1520. The molecule has 166 valence electrons. The van der Waals surface area contributed by atoms with E-state index in [0.29, 0.717) is 44.1 Å². The van der Waals surface area contributed by atoms with Gasteiger partial charge in [-0.2, -0.15) is 18.3 Å². The van der Waals surface area contributed by atoms with E-state index in [2.05, 4.69) is 20.2 Å². The topological polar surface area (TPSA) is 73.8 Å². The number of rotatable bonds is 3. The van der Waals surface area contributed by atoms with Gasteiger partial charge in [0.15, 0.2) is 11.5 Å². The highest BCUT2D eigenvalue weighted by molar-refractivity contribution is 7.26. The number of pyridine rings is 1. The van der Waals surface area contributed by atoms with Gasteiger partial charge in [0.25, 0.3) is 0 Å². The van der Waals surface area contributed by atoms with Gasteiger partial charge in [0.05, 0.1) is 21.9 Å². The molecule has 5 heterocycles. The number of hydrogen-bond acceptors (Lipinski definition) is 6. The van der Waals surface area contributed by atoms with Gasteiger partial charge in [0, 0.05) is 5.39 Å². The molecule has 7 nitrogen and oxygen atoms in total. The zero-order chi connectivity index (χ0) is 22.9. The first-order valence-electron chi connectivity index (χ1n) is 9.83. The lowest BCUT2D eigenvalue weighted by molar-refractivity contribution is -0.141. The molecular formula is C20H17ClF3N7S. The van der Waals surface area contributed by atoms with E-state index >= 15 is 0 Å². The summed E-state index contributed by atoms with van der Waals surface area (Å²) in [5.74, 6) is 0.530. The van der Waals surface area contributed by atoms with Crippen molar-refractivity contribution in [3.63, 3.8) is 0 Å². The minimum absolute atomic E-state index is 0.248. The minimum atomic E-state index is -4.52. The second-order valence-electron chi connectivity index (χ2n) is 7.62. The third-order valence-corrected chi connectivity index (χ3v) is 7.10. The van der Waals surface area contributed by atoms with Gasteiger partial charge in [0.2, 0.25) is 0 Å². The Morgan fingerprint density at radius 1 is 1.16 bits per heavy atom. The minimum Gasteiger partial charge on any atom is -0.257 e. The number of thiophene rings is 1. The summed E-state index contributed by atoms with van der Waals surface area (Å²) in [5, 5.41) is 10.3. The van der Waals surface area contributed by atoms with Gasteiger partial charge in [-0.25, -0.2) is 19.5 Å². The van der Waals surface area contributed by atoms with Crippen molar-refractivity contribution in [2.75, 3.05) is 0 Å². The van der Waals surface area contributed by atoms with Gasteiger partial charge in [-0.1, -0.05) is 18.5 Å². The van der Waals surface area contributed by atoms with E-state index < -0.39 is 11.9 Å². The van der Waals surface area contributed by atoms with Crippen LogP contribution < -0.4 is 0 Å². The highest BCUT2D eigenvalue weighted by Crippen LogP contribution is 2.38. The number of fused-ring (bicyclic) bond motifs is 5. The Morgan fingerprint density at radius 2 is 1.91 bits per heavy atom. The predicted octanol–water partition coefficient (Wildman–Crippen LogP) is 5.68. The van der Waals surface area contributed by atoms with Gasteiger partial charge in [-0.15, -0.1) is 16.4 Å². The molecule has 0 fully saturated rings. The van der Waals surface area contributed by atoms with Crippen LogP contribution in [0.15, 0.2) is 12.4 Å². The van der Waals surface area contributed by atoms with E-state index in [9.17, 15) is 13.2 Å². The number of aryl methyl sites for hydroxylation is 2. The van der Waals surface area contributed by atoms with Crippen molar-refractivity contribution in [2.24, 2.45) is 0 Å². The van der Waals surface area contributed by atoms with E-state index in [1.807, 2.05) is 25.5 Å². The maximum absolute atomic E-state index is 13.2. The third kappa shape index (κ3) is 3.06. The lowest BCUT2D eigenvalue weighted by Crippen LogP contribution is -2.14. The fourth-order valence-electron chi connectivity index (χ4n) is 3.92. The molecule has 1 unspecified atom stereocenters. The first-order valence-corrected chi connectivity index (χ1v) is 11.0. The zero-order valence-electron chi connectivity index (χ0n) is 17.5. The lowest BCUT2D eigenvalue weighted by Gasteiger charge is -2.13. The molecule has 0 aliphatic rings. The molecule has 0 aromatic carbocycles. The summed E-state index contributed by atoms with van der Waals surface area (Å²) in [5.41, 5.74) is 2.18. The van der Waals surface area contributed by atoms with Gasteiger partial charge in [-0.05, 0) is 38.8 Å². The van der Waals surface area contributed by atoms with Crippen LogP contribution in [0.1, 0.15) is 47.9 Å². The Hall–Kier alpha value is -2.79. The molecule has 0 bridgehead atoms. The summed E-state index contributed by atoms with van der Waals surface area (Å²) < 4.78 is 43.7. The Labute approximate surface area is 188 Å². The quantitative estimate of drug-likeness (QED) is 0.333. The van der Waals surface area contributed by atoms with Crippen LogP contribution in [0.4, 0.5) is 13.2 Å². The van der Waals surface area contributed by atoms with Crippen LogP contribution in [-0.4, -0.2) is 34.3 Å². The maximum Gasteiger partial charge on any atom is 0.433 e. The highest BCUT2D eigenvalue weighted by atomic mass is 35.5. The van der Waals surface area contributed by atoms with Crippen molar-refractivity contribution in [3.8, 4) is 0 Å². The second-order valence-corrected chi connectivity index (χ2v) is 9.00. The Morgan fingerprint density at radius 3 is 2.53 bits per heavy atom. The first-order chi connectivity index (χ1) is 15.1. The zero-order valence-corrected chi connectivity index (χ0v) is 19.1. The van der Waals surface area contributed by atoms with Crippen LogP contribution in [0.5, 0.6) is 0 Å².